The standard InChI is InChI=1S/C16H17BrN2O2S.ClH/c1-21-13-8-14(22-15(13)17)16(20)19-12-4-2-3-9-7-10(18)5-6-11(9)12;/h5-8,12H,2-4,18H2,1H3,(H,19,20);1H. The molecule has 4 nitrogen and oxygen atoms in total. The molecular weight excluding hydrogens is 400 g/mol. The molecule has 0 saturated heterocycles. The van der Waals surface area contributed by atoms with Gasteiger partial charge in [-0.2, -0.15) is 0 Å². The number of ether oxygens (including phenoxy) is 1. The Hall–Kier alpha value is -1.24. The molecule has 23 heavy (non-hydrogen) atoms. The highest BCUT2D eigenvalue weighted by molar-refractivity contribution is 9.11. The topological polar surface area (TPSA) is 64.3 Å². The molecule has 1 heterocycles. The SMILES string of the molecule is COc1cc(C(=O)NC2CCCc3cc(N)ccc32)sc1Br.Cl. The van der Waals surface area contributed by atoms with Crippen LogP contribution in [0, 0.1) is 0 Å². The van der Waals surface area contributed by atoms with E-state index in [9.17, 15) is 4.79 Å². The number of carbonyl (C=O) groups is 1. The number of anilines is 1. The van der Waals surface area contributed by atoms with Crippen LogP contribution in [0.25, 0.3) is 0 Å². The Kier molecular flexibility index (Phi) is 5.95. The van der Waals surface area contributed by atoms with Gasteiger partial charge in [-0.25, -0.2) is 0 Å². The van der Waals surface area contributed by atoms with Crippen LogP contribution in [0.3, 0.4) is 0 Å². The summed E-state index contributed by atoms with van der Waals surface area (Å²) in [4.78, 5) is 13.1. The van der Waals surface area contributed by atoms with Crippen molar-refractivity contribution in [2.45, 2.75) is 25.3 Å². The molecule has 0 saturated carbocycles. The highest BCUT2D eigenvalue weighted by Crippen LogP contribution is 2.35. The Balaban J connectivity index is 0.00000192. The van der Waals surface area contributed by atoms with Gasteiger partial charge in [0.15, 0.2) is 0 Å². The lowest BCUT2D eigenvalue weighted by atomic mass is 9.87. The first kappa shape index (κ1) is 18.1. The first-order valence-corrected chi connectivity index (χ1v) is 8.72. The average molecular weight is 418 g/mol. The molecule has 7 heteroatoms. The first-order valence-electron chi connectivity index (χ1n) is 7.11. The molecule has 3 N–H and O–H groups in total. The van der Waals surface area contributed by atoms with E-state index in [0.29, 0.717) is 10.6 Å². The van der Waals surface area contributed by atoms with Crippen LogP contribution in [-0.2, 0) is 6.42 Å². The van der Waals surface area contributed by atoms with Gasteiger partial charge >= 0.3 is 0 Å². The van der Waals surface area contributed by atoms with Crippen LogP contribution in [0.15, 0.2) is 28.1 Å². The van der Waals surface area contributed by atoms with E-state index in [1.807, 2.05) is 18.2 Å². The van der Waals surface area contributed by atoms with Gasteiger partial charge in [0.25, 0.3) is 5.91 Å². The summed E-state index contributed by atoms with van der Waals surface area (Å²) in [6.45, 7) is 0. The fraction of sp³-hybridized carbons (Fsp3) is 0.312. The lowest BCUT2D eigenvalue weighted by Crippen LogP contribution is -2.30. The van der Waals surface area contributed by atoms with Crippen LogP contribution in [0.1, 0.15) is 39.7 Å². The molecule has 1 aromatic heterocycles. The Labute approximate surface area is 153 Å². The van der Waals surface area contributed by atoms with Crippen molar-refractivity contribution in [3.8, 4) is 5.75 Å². The molecule has 0 radical (unpaired) electrons. The summed E-state index contributed by atoms with van der Waals surface area (Å²) in [5.74, 6) is 0.621. The zero-order chi connectivity index (χ0) is 15.7. The summed E-state index contributed by atoms with van der Waals surface area (Å²) in [5, 5.41) is 3.13. The second kappa shape index (κ2) is 7.55. The number of benzene rings is 1. The molecule has 0 bridgehead atoms. The molecule has 1 aliphatic carbocycles. The third-order valence-electron chi connectivity index (χ3n) is 3.89. The third-order valence-corrected chi connectivity index (χ3v) is 5.67. The maximum absolute atomic E-state index is 12.5. The fourth-order valence-electron chi connectivity index (χ4n) is 2.82. The van der Waals surface area contributed by atoms with Crippen molar-refractivity contribution >= 4 is 51.3 Å². The number of hydrogen-bond acceptors (Lipinski definition) is 4. The quantitative estimate of drug-likeness (QED) is 0.731. The predicted octanol–water partition coefficient (Wildman–Crippen LogP) is 4.33. The van der Waals surface area contributed by atoms with Gasteiger partial charge in [-0.15, -0.1) is 23.7 Å². The van der Waals surface area contributed by atoms with E-state index in [1.54, 1.807) is 13.2 Å². The molecule has 1 atom stereocenters. The highest BCUT2D eigenvalue weighted by Gasteiger charge is 2.23. The molecular formula is C16H18BrClN2O2S. The Morgan fingerprint density at radius 2 is 2.22 bits per heavy atom. The molecule has 124 valence electrons. The van der Waals surface area contributed by atoms with Crippen molar-refractivity contribution in [3.63, 3.8) is 0 Å². The minimum Gasteiger partial charge on any atom is -0.495 e. The minimum absolute atomic E-state index is 0. The van der Waals surface area contributed by atoms with Crippen molar-refractivity contribution in [2.24, 2.45) is 0 Å². The highest BCUT2D eigenvalue weighted by atomic mass is 79.9. The van der Waals surface area contributed by atoms with Crippen LogP contribution >= 0.6 is 39.7 Å². The van der Waals surface area contributed by atoms with E-state index in [2.05, 4.69) is 21.2 Å². The van der Waals surface area contributed by atoms with Gasteiger partial charge in [-0.3, -0.25) is 4.79 Å². The number of nitrogens with one attached hydrogen (secondary N) is 1. The van der Waals surface area contributed by atoms with Gasteiger partial charge in [0, 0.05) is 11.8 Å². The average Bonchev–Trinajstić information content (AvgIpc) is 2.88. The summed E-state index contributed by atoms with van der Waals surface area (Å²) >= 11 is 4.78. The zero-order valence-corrected chi connectivity index (χ0v) is 15.8. The third kappa shape index (κ3) is 3.82. The van der Waals surface area contributed by atoms with Crippen molar-refractivity contribution < 1.29 is 9.53 Å². The zero-order valence-electron chi connectivity index (χ0n) is 12.6. The minimum atomic E-state index is -0.0660. The number of thiophene rings is 1. The number of amides is 1. The Bertz CT molecular complexity index is 720. The van der Waals surface area contributed by atoms with Gasteiger partial charge in [-0.05, 0) is 58.5 Å². The van der Waals surface area contributed by atoms with Crippen molar-refractivity contribution in [1.82, 2.24) is 5.32 Å². The van der Waals surface area contributed by atoms with Crippen molar-refractivity contribution in [3.05, 3.63) is 44.1 Å². The van der Waals surface area contributed by atoms with Gasteiger partial charge < -0.3 is 15.8 Å². The van der Waals surface area contributed by atoms with E-state index in [4.69, 9.17) is 10.5 Å². The van der Waals surface area contributed by atoms with Crippen LogP contribution < -0.4 is 15.8 Å². The largest absolute Gasteiger partial charge is 0.495 e. The van der Waals surface area contributed by atoms with Crippen LogP contribution in [0.5, 0.6) is 5.75 Å². The lowest BCUT2D eigenvalue weighted by molar-refractivity contribution is 0.0936. The number of nitrogens with two attached hydrogens (primary N) is 1. The molecule has 1 aliphatic rings. The maximum Gasteiger partial charge on any atom is 0.262 e. The van der Waals surface area contributed by atoms with Crippen LogP contribution in [0.2, 0.25) is 0 Å². The monoisotopic (exact) mass is 416 g/mol. The summed E-state index contributed by atoms with van der Waals surface area (Å²) in [6.07, 6.45) is 3.02. The second-order valence-corrected chi connectivity index (χ2v) is 7.70. The van der Waals surface area contributed by atoms with E-state index < -0.39 is 0 Å². The summed E-state index contributed by atoms with van der Waals surface area (Å²) < 4.78 is 6.04. The van der Waals surface area contributed by atoms with Crippen LogP contribution in [0.4, 0.5) is 5.69 Å². The second-order valence-electron chi connectivity index (χ2n) is 5.33. The molecule has 2 aromatic rings. The molecule has 3 rings (SSSR count). The van der Waals surface area contributed by atoms with Gasteiger partial charge in [0.05, 0.1) is 18.0 Å². The summed E-state index contributed by atoms with van der Waals surface area (Å²) in [7, 11) is 1.59. The molecule has 1 unspecified atom stereocenters. The number of fused-ring (bicyclic) bond motifs is 1. The van der Waals surface area contributed by atoms with E-state index in [1.165, 1.54) is 22.5 Å². The molecule has 0 spiro atoms. The first-order chi connectivity index (χ1) is 10.6. The summed E-state index contributed by atoms with van der Waals surface area (Å²) in [6, 6.07) is 7.74. The Morgan fingerprint density at radius 3 is 2.91 bits per heavy atom. The lowest BCUT2D eigenvalue weighted by Gasteiger charge is -2.26. The van der Waals surface area contributed by atoms with Crippen LogP contribution in [-0.4, -0.2) is 13.0 Å². The summed E-state index contributed by atoms with van der Waals surface area (Å²) in [5.41, 5.74) is 9.04. The number of rotatable bonds is 3. The van der Waals surface area contributed by atoms with Crippen molar-refractivity contribution in [2.75, 3.05) is 12.8 Å². The van der Waals surface area contributed by atoms with Gasteiger partial charge in [0.1, 0.15) is 9.54 Å². The number of nitrogen functional groups attached to an aromatic ring is 1. The molecule has 1 amide bonds. The van der Waals surface area contributed by atoms with E-state index in [0.717, 1.165) is 28.7 Å². The normalized spacial score (nSPS) is 16.2. The van der Waals surface area contributed by atoms with Crippen molar-refractivity contribution in [1.29, 1.82) is 0 Å². The number of halogens is 2. The fourth-order valence-corrected chi connectivity index (χ4v) is 4.37. The molecule has 0 aliphatic heterocycles. The smallest absolute Gasteiger partial charge is 0.262 e. The maximum atomic E-state index is 12.5. The number of methoxy groups -OCH3 is 1. The Morgan fingerprint density at radius 1 is 1.43 bits per heavy atom. The number of aryl methyl sites for hydroxylation is 1. The van der Waals surface area contributed by atoms with Gasteiger partial charge in [0.2, 0.25) is 0 Å². The predicted molar refractivity (Wildman–Crippen MR) is 99.8 cm³/mol. The van der Waals surface area contributed by atoms with E-state index in [-0.39, 0.29) is 24.4 Å². The number of carbonyl (C=O) groups excluding carboxylic acids is 1. The van der Waals surface area contributed by atoms with Gasteiger partial charge in [-0.1, -0.05) is 6.07 Å². The molecule has 0 fully saturated rings. The molecule has 1 aromatic carbocycles. The number of hydrogen-bond donors (Lipinski definition) is 2. The van der Waals surface area contributed by atoms with E-state index >= 15 is 0 Å².